The number of carbonyl (C=O) groups excluding carboxylic acids is 1. The molecule has 0 unspecified atom stereocenters. The Morgan fingerprint density at radius 3 is 2.92 bits per heavy atom. The van der Waals surface area contributed by atoms with E-state index >= 15 is 0 Å². The van der Waals surface area contributed by atoms with Crippen LogP contribution in [0.15, 0.2) is 46.8 Å². The Morgan fingerprint density at radius 1 is 1.32 bits per heavy atom. The van der Waals surface area contributed by atoms with Crippen molar-refractivity contribution in [2.45, 2.75) is 19.5 Å². The highest BCUT2D eigenvalue weighted by atomic mass is 32.1. The highest BCUT2D eigenvalue weighted by Gasteiger charge is 2.13. The van der Waals surface area contributed by atoms with Crippen LogP contribution in [0.2, 0.25) is 0 Å². The van der Waals surface area contributed by atoms with Crippen LogP contribution in [0.3, 0.4) is 0 Å². The summed E-state index contributed by atoms with van der Waals surface area (Å²) < 4.78 is 6.80. The fourth-order valence-electron chi connectivity index (χ4n) is 2.64. The molecule has 1 amide bonds. The van der Waals surface area contributed by atoms with Gasteiger partial charge in [0.15, 0.2) is 0 Å². The Balaban J connectivity index is 1.65. The van der Waals surface area contributed by atoms with Gasteiger partial charge in [-0.05, 0) is 17.5 Å². The molecule has 0 atom stereocenters. The number of carbonyl (C=O) groups is 1. The van der Waals surface area contributed by atoms with Crippen molar-refractivity contribution in [3.8, 4) is 5.75 Å². The summed E-state index contributed by atoms with van der Waals surface area (Å²) in [5, 5.41) is 2.44. The van der Waals surface area contributed by atoms with Gasteiger partial charge < -0.3 is 9.64 Å². The summed E-state index contributed by atoms with van der Waals surface area (Å²) in [7, 11) is 3.36. The summed E-state index contributed by atoms with van der Waals surface area (Å²) in [4.78, 5) is 31.3. The van der Waals surface area contributed by atoms with Gasteiger partial charge >= 0.3 is 0 Å². The van der Waals surface area contributed by atoms with Gasteiger partial charge in [0.25, 0.3) is 5.56 Å². The minimum atomic E-state index is -0.105. The third-order valence-corrected chi connectivity index (χ3v) is 4.86. The zero-order chi connectivity index (χ0) is 17.8. The second kappa shape index (κ2) is 7.48. The van der Waals surface area contributed by atoms with E-state index in [2.05, 4.69) is 4.98 Å². The van der Waals surface area contributed by atoms with Crippen LogP contribution in [0.25, 0.3) is 10.2 Å². The third kappa shape index (κ3) is 3.71. The molecule has 0 saturated carbocycles. The van der Waals surface area contributed by atoms with E-state index < -0.39 is 0 Å². The number of fused-ring (bicyclic) bond motifs is 1. The highest BCUT2D eigenvalue weighted by Crippen LogP contribution is 2.19. The fraction of sp³-hybridized carbons (Fsp3) is 0.278. The van der Waals surface area contributed by atoms with E-state index in [9.17, 15) is 9.59 Å². The fourth-order valence-corrected chi connectivity index (χ4v) is 3.36. The summed E-state index contributed by atoms with van der Waals surface area (Å²) in [6, 6.07) is 9.37. The van der Waals surface area contributed by atoms with E-state index in [4.69, 9.17) is 4.74 Å². The Hall–Kier alpha value is -2.67. The Labute approximate surface area is 149 Å². The van der Waals surface area contributed by atoms with E-state index in [0.29, 0.717) is 18.5 Å². The van der Waals surface area contributed by atoms with Gasteiger partial charge in [0, 0.05) is 32.1 Å². The Kier molecular flexibility index (Phi) is 5.14. The molecule has 0 N–H and O–H groups in total. The van der Waals surface area contributed by atoms with Gasteiger partial charge in [-0.1, -0.05) is 18.2 Å². The molecule has 7 heteroatoms. The number of hydrogen-bond donors (Lipinski definition) is 0. The molecule has 2 aromatic heterocycles. The summed E-state index contributed by atoms with van der Waals surface area (Å²) in [5.41, 5.74) is 0.839. The van der Waals surface area contributed by atoms with Crippen LogP contribution >= 0.6 is 11.3 Å². The molecule has 3 rings (SSSR count). The number of aromatic nitrogens is 2. The smallest absolute Gasteiger partial charge is 0.262 e. The molecule has 0 spiro atoms. The Bertz CT molecular complexity index is 948. The number of nitrogens with zero attached hydrogens (tertiary/aromatic N) is 3. The van der Waals surface area contributed by atoms with Crippen molar-refractivity contribution in [2.75, 3.05) is 14.2 Å². The molecule has 0 aliphatic rings. The monoisotopic (exact) mass is 357 g/mol. The molecule has 6 nitrogen and oxygen atoms in total. The lowest BCUT2D eigenvalue weighted by Crippen LogP contribution is -2.29. The SMILES string of the molecule is COc1ccccc1CN(C)C(=O)CCn1cnc2sccc2c1=O. The number of rotatable bonds is 6. The molecule has 0 radical (unpaired) electrons. The number of hydrogen-bond acceptors (Lipinski definition) is 5. The van der Waals surface area contributed by atoms with Crippen LogP contribution in [-0.2, 0) is 17.9 Å². The first-order chi connectivity index (χ1) is 12.1. The zero-order valence-electron chi connectivity index (χ0n) is 14.1. The lowest BCUT2D eigenvalue weighted by atomic mass is 10.2. The standard InChI is InChI=1S/C18H19N3O3S/c1-20(11-13-5-3-4-6-15(13)24-2)16(22)7-9-21-12-19-17-14(18(21)23)8-10-25-17/h3-6,8,10,12H,7,9,11H2,1-2H3. The number of aryl methyl sites for hydroxylation is 1. The second-order valence-corrected chi connectivity index (χ2v) is 6.59. The van der Waals surface area contributed by atoms with Gasteiger partial charge in [-0.15, -0.1) is 11.3 Å². The average Bonchev–Trinajstić information content (AvgIpc) is 3.11. The molecule has 1 aromatic carbocycles. The maximum atomic E-state index is 12.4. The first-order valence-corrected chi connectivity index (χ1v) is 8.76. The van der Waals surface area contributed by atoms with Gasteiger partial charge in [-0.25, -0.2) is 4.98 Å². The number of methoxy groups -OCH3 is 1. The average molecular weight is 357 g/mol. The van der Waals surface area contributed by atoms with Gasteiger partial charge in [-0.3, -0.25) is 14.2 Å². The third-order valence-electron chi connectivity index (χ3n) is 4.04. The van der Waals surface area contributed by atoms with E-state index in [1.807, 2.05) is 29.6 Å². The van der Waals surface area contributed by atoms with Crippen molar-refractivity contribution < 1.29 is 9.53 Å². The normalized spacial score (nSPS) is 10.8. The van der Waals surface area contributed by atoms with Crippen LogP contribution in [-0.4, -0.2) is 34.5 Å². The number of amides is 1. The maximum absolute atomic E-state index is 12.4. The van der Waals surface area contributed by atoms with Crippen LogP contribution in [0.4, 0.5) is 0 Å². The van der Waals surface area contributed by atoms with Crippen molar-refractivity contribution in [1.82, 2.24) is 14.5 Å². The van der Waals surface area contributed by atoms with Crippen molar-refractivity contribution in [1.29, 1.82) is 0 Å². The predicted octanol–water partition coefficient (Wildman–Crippen LogP) is 2.52. The summed E-state index contributed by atoms with van der Waals surface area (Å²) in [6.45, 7) is 0.770. The van der Waals surface area contributed by atoms with Crippen molar-refractivity contribution in [3.63, 3.8) is 0 Å². The first-order valence-electron chi connectivity index (χ1n) is 7.88. The quantitative estimate of drug-likeness (QED) is 0.680. The topological polar surface area (TPSA) is 64.4 Å². The summed E-state index contributed by atoms with van der Waals surface area (Å²) in [6.07, 6.45) is 1.75. The second-order valence-electron chi connectivity index (χ2n) is 5.69. The van der Waals surface area contributed by atoms with Crippen LogP contribution < -0.4 is 10.3 Å². The largest absolute Gasteiger partial charge is 0.496 e. The highest BCUT2D eigenvalue weighted by molar-refractivity contribution is 7.16. The first kappa shape index (κ1) is 17.2. The van der Waals surface area contributed by atoms with E-state index in [0.717, 1.165) is 16.1 Å². The molecular formula is C18H19N3O3S. The molecule has 0 aliphatic heterocycles. The van der Waals surface area contributed by atoms with Crippen molar-refractivity contribution >= 4 is 27.5 Å². The lowest BCUT2D eigenvalue weighted by molar-refractivity contribution is -0.130. The number of thiophene rings is 1. The number of ether oxygens (including phenoxy) is 1. The molecule has 3 aromatic rings. The van der Waals surface area contributed by atoms with E-state index in [1.54, 1.807) is 25.1 Å². The van der Waals surface area contributed by atoms with Gasteiger partial charge in [-0.2, -0.15) is 0 Å². The van der Waals surface area contributed by atoms with Crippen LogP contribution in [0.1, 0.15) is 12.0 Å². The molecule has 0 saturated heterocycles. The Morgan fingerprint density at radius 2 is 2.12 bits per heavy atom. The van der Waals surface area contributed by atoms with E-state index in [-0.39, 0.29) is 17.9 Å². The molecule has 25 heavy (non-hydrogen) atoms. The predicted molar refractivity (Wildman–Crippen MR) is 98.0 cm³/mol. The molecule has 0 fully saturated rings. The minimum absolute atomic E-state index is 0.0387. The summed E-state index contributed by atoms with van der Waals surface area (Å²) >= 11 is 1.43. The molecule has 0 aliphatic carbocycles. The van der Waals surface area contributed by atoms with Crippen LogP contribution in [0, 0.1) is 0 Å². The molecule has 2 heterocycles. The zero-order valence-corrected chi connectivity index (χ0v) is 15.0. The van der Waals surface area contributed by atoms with Crippen molar-refractivity contribution in [2.24, 2.45) is 0 Å². The van der Waals surface area contributed by atoms with Gasteiger partial charge in [0.1, 0.15) is 10.6 Å². The molecule has 0 bridgehead atoms. The number of para-hydroxylation sites is 1. The number of benzene rings is 1. The van der Waals surface area contributed by atoms with Gasteiger partial charge in [0.2, 0.25) is 5.91 Å². The van der Waals surface area contributed by atoms with Crippen molar-refractivity contribution in [3.05, 3.63) is 58.0 Å². The summed E-state index contributed by atoms with van der Waals surface area (Å²) in [5.74, 6) is 0.716. The van der Waals surface area contributed by atoms with Gasteiger partial charge in [0.05, 0.1) is 18.8 Å². The van der Waals surface area contributed by atoms with E-state index in [1.165, 1.54) is 22.2 Å². The molecular weight excluding hydrogens is 338 g/mol. The maximum Gasteiger partial charge on any atom is 0.262 e. The minimum Gasteiger partial charge on any atom is -0.496 e. The lowest BCUT2D eigenvalue weighted by Gasteiger charge is -2.19. The molecule has 130 valence electrons. The van der Waals surface area contributed by atoms with Crippen LogP contribution in [0.5, 0.6) is 5.75 Å².